The predicted octanol–water partition coefficient (Wildman–Crippen LogP) is 12.3. The molecule has 0 aromatic heterocycles. The standard InChI is InChI=1S/C40H54F4O/c1-25-3-7-27(8-4-25)29-11-15-31(16-12-29)39(35-21-19-33(41)23-37(35)43)45-40(36-22-20-34(42)24-38(36)44)32-17-13-30(14-18-32)28-9-5-26(2)6-10-28/h19-32,39-40H,3-18H2,1-2H3. The topological polar surface area (TPSA) is 9.23 Å². The average Bonchev–Trinajstić information content (AvgIpc) is 3.04. The fourth-order valence-electron chi connectivity index (χ4n) is 9.85. The molecule has 2 aromatic carbocycles. The van der Waals surface area contributed by atoms with Gasteiger partial charge in [-0.2, -0.15) is 0 Å². The Labute approximate surface area is 268 Å². The lowest BCUT2D eigenvalue weighted by Crippen LogP contribution is -2.32. The van der Waals surface area contributed by atoms with Gasteiger partial charge in [-0.3, -0.25) is 0 Å². The van der Waals surface area contributed by atoms with Gasteiger partial charge in [-0.25, -0.2) is 17.6 Å². The molecule has 0 radical (unpaired) electrons. The quantitative estimate of drug-likeness (QED) is 0.265. The predicted molar refractivity (Wildman–Crippen MR) is 172 cm³/mol. The van der Waals surface area contributed by atoms with Crippen molar-refractivity contribution in [2.45, 2.75) is 129 Å². The highest BCUT2D eigenvalue weighted by Gasteiger charge is 2.40. The minimum absolute atomic E-state index is 0.0651. The molecule has 2 aromatic rings. The summed E-state index contributed by atoms with van der Waals surface area (Å²) in [7, 11) is 0. The van der Waals surface area contributed by atoms with Gasteiger partial charge in [-0.05, 0) is 137 Å². The highest BCUT2D eigenvalue weighted by atomic mass is 19.1. The Morgan fingerprint density at radius 2 is 0.778 bits per heavy atom. The zero-order valence-corrected chi connectivity index (χ0v) is 27.5. The van der Waals surface area contributed by atoms with E-state index in [4.69, 9.17) is 4.74 Å². The van der Waals surface area contributed by atoms with E-state index in [1.807, 2.05) is 0 Å². The maximum atomic E-state index is 15.5. The van der Waals surface area contributed by atoms with Crippen molar-refractivity contribution in [3.05, 3.63) is 70.8 Å². The fraction of sp³-hybridized carbons (Fsp3) is 0.700. The molecule has 0 bridgehead atoms. The summed E-state index contributed by atoms with van der Waals surface area (Å²) in [6.45, 7) is 4.71. The third-order valence-electron chi connectivity index (χ3n) is 12.8. The van der Waals surface area contributed by atoms with Crippen LogP contribution in [-0.2, 0) is 4.74 Å². The Morgan fingerprint density at radius 1 is 0.467 bits per heavy atom. The summed E-state index contributed by atoms with van der Waals surface area (Å²) in [5, 5.41) is 0. The van der Waals surface area contributed by atoms with E-state index in [1.165, 1.54) is 75.6 Å². The summed E-state index contributed by atoms with van der Waals surface area (Å²) in [4.78, 5) is 0. The van der Waals surface area contributed by atoms with Crippen molar-refractivity contribution >= 4 is 0 Å². The van der Waals surface area contributed by atoms with E-state index in [0.29, 0.717) is 23.0 Å². The number of hydrogen-bond donors (Lipinski definition) is 0. The molecule has 0 N–H and O–H groups in total. The molecule has 248 valence electrons. The summed E-state index contributed by atoms with van der Waals surface area (Å²) in [5.41, 5.74) is 0.729. The lowest BCUT2D eigenvalue weighted by molar-refractivity contribution is -0.0958. The van der Waals surface area contributed by atoms with E-state index in [1.54, 1.807) is 0 Å². The van der Waals surface area contributed by atoms with E-state index in [9.17, 15) is 8.78 Å². The molecule has 6 rings (SSSR count). The first kappa shape index (κ1) is 33.0. The lowest BCUT2D eigenvalue weighted by Gasteiger charge is -2.43. The highest BCUT2D eigenvalue weighted by Crippen LogP contribution is 2.50. The van der Waals surface area contributed by atoms with Crippen molar-refractivity contribution in [2.24, 2.45) is 47.3 Å². The van der Waals surface area contributed by atoms with Gasteiger partial charge < -0.3 is 4.74 Å². The summed E-state index contributed by atoms with van der Waals surface area (Å²) in [5.74, 6) is 2.28. The van der Waals surface area contributed by atoms with Crippen LogP contribution < -0.4 is 0 Å². The molecular formula is C40H54F4O. The monoisotopic (exact) mass is 626 g/mol. The van der Waals surface area contributed by atoms with E-state index in [0.717, 1.165) is 87.2 Å². The summed E-state index contributed by atoms with van der Waals surface area (Å²) in [6.07, 6.45) is 17.3. The fourth-order valence-corrected chi connectivity index (χ4v) is 9.85. The van der Waals surface area contributed by atoms with E-state index in [-0.39, 0.29) is 11.8 Å². The van der Waals surface area contributed by atoms with E-state index in [2.05, 4.69) is 13.8 Å². The van der Waals surface area contributed by atoms with Gasteiger partial charge >= 0.3 is 0 Å². The molecule has 0 amide bonds. The smallest absolute Gasteiger partial charge is 0.131 e. The zero-order valence-electron chi connectivity index (χ0n) is 27.5. The molecular weight excluding hydrogens is 572 g/mol. The number of halogens is 4. The van der Waals surface area contributed by atoms with E-state index < -0.39 is 35.5 Å². The van der Waals surface area contributed by atoms with Gasteiger partial charge in [0.1, 0.15) is 23.3 Å². The second-order valence-corrected chi connectivity index (χ2v) is 15.7. The van der Waals surface area contributed by atoms with E-state index >= 15 is 8.78 Å². The third kappa shape index (κ3) is 7.99. The van der Waals surface area contributed by atoms with Crippen LogP contribution >= 0.6 is 0 Å². The molecule has 0 aliphatic heterocycles. The Morgan fingerprint density at radius 3 is 1.09 bits per heavy atom. The largest absolute Gasteiger partial charge is 0.365 e. The molecule has 2 unspecified atom stereocenters. The summed E-state index contributed by atoms with van der Waals surface area (Å²) < 4.78 is 66.2. The van der Waals surface area contributed by atoms with Crippen LogP contribution in [0.3, 0.4) is 0 Å². The number of hydrogen-bond acceptors (Lipinski definition) is 1. The Hall–Kier alpha value is -1.88. The van der Waals surface area contributed by atoms with Crippen LogP contribution in [0.1, 0.15) is 140 Å². The highest BCUT2D eigenvalue weighted by molar-refractivity contribution is 5.25. The molecule has 0 saturated heterocycles. The van der Waals surface area contributed by atoms with Gasteiger partial charge in [0, 0.05) is 23.3 Å². The minimum Gasteiger partial charge on any atom is -0.365 e. The minimum atomic E-state index is -0.609. The first-order valence-electron chi connectivity index (χ1n) is 18.3. The number of rotatable bonds is 8. The van der Waals surface area contributed by atoms with Crippen LogP contribution in [0.15, 0.2) is 36.4 Å². The van der Waals surface area contributed by atoms with Crippen LogP contribution in [0.25, 0.3) is 0 Å². The molecule has 1 nitrogen and oxygen atoms in total. The normalized spacial score (nSPS) is 34.3. The Bertz CT molecular complexity index is 1140. The maximum absolute atomic E-state index is 15.5. The van der Waals surface area contributed by atoms with Gasteiger partial charge in [-0.15, -0.1) is 0 Å². The van der Waals surface area contributed by atoms with Gasteiger partial charge in [-0.1, -0.05) is 51.7 Å². The van der Waals surface area contributed by atoms with Crippen LogP contribution in [0.4, 0.5) is 17.6 Å². The van der Waals surface area contributed by atoms with Gasteiger partial charge in [0.25, 0.3) is 0 Å². The maximum Gasteiger partial charge on any atom is 0.131 e. The van der Waals surface area contributed by atoms with Gasteiger partial charge in [0.2, 0.25) is 0 Å². The first-order valence-corrected chi connectivity index (χ1v) is 18.3. The second kappa shape index (κ2) is 14.9. The zero-order chi connectivity index (χ0) is 31.5. The Kier molecular flexibility index (Phi) is 10.9. The van der Waals surface area contributed by atoms with Gasteiger partial charge in [0.15, 0.2) is 0 Å². The molecule has 4 saturated carbocycles. The summed E-state index contributed by atoms with van der Waals surface area (Å²) in [6, 6.07) is 7.58. The van der Waals surface area contributed by atoms with Crippen molar-refractivity contribution < 1.29 is 22.3 Å². The molecule has 45 heavy (non-hydrogen) atoms. The molecule has 4 fully saturated rings. The third-order valence-corrected chi connectivity index (χ3v) is 12.8. The van der Waals surface area contributed by atoms with Gasteiger partial charge in [0.05, 0.1) is 12.2 Å². The average molecular weight is 627 g/mol. The van der Waals surface area contributed by atoms with Crippen molar-refractivity contribution in [2.75, 3.05) is 0 Å². The molecule has 4 aliphatic carbocycles. The van der Waals surface area contributed by atoms with Crippen LogP contribution in [0.2, 0.25) is 0 Å². The second-order valence-electron chi connectivity index (χ2n) is 15.7. The molecule has 2 atom stereocenters. The lowest BCUT2D eigenvalue weighted by atomic mass is 9.67. The number of benzene rings is 2. The van der Waals surface area contributed by atoms with Crippen molar-refractivity contribution in [3.8, 4) is 0 Å². The van der Waals surface area contributed by atoms with Crippen LogP contribution in [0.5, 0.6) is 0 Å². The summed E-state index contributed by atoms with van der Waals surface area (Å²) >= 11 is 0. The first-order chi connectivity index (χ1) is 21.7. The van der Waals surface area contributed by atoms with Crippen molar-refractivity contribution in [3.63, 3.8) is 0 Å². The molecule has 0 heterocycles. The molecule has 4 aliphatic rings. The SMILES string of the molecule is CC1CCC(C2CCC(C(OC(c3ccc(F)cc3F)C3CCC(C4CCC(C)CC4)CC3)c3ccc(F)cc3F)CC2)CC1. The van der Waals surface area contributed by atoms with Crippen molar-refractivity contribution in [1.82, 2.24) is 0 Å². The van der Waals surface area contributed by atoms with Crippen LogP contribution in [0, 0.1) is 70.6 Å². The van der Waals surface area contributed by atoms with Crippen molar-refractivity contribution in [1.29, 1.82) is 0 Å². The van der Waals surface area contributed by atoms with Crippen LogP contribution in [-0.4, -0.2) is 0 Å². The Balaban J connectivity index is 1.23. The number of ether oxygens (including phenoxy) is 1. The molecule has 0 spiro atoms. The molecule has 5 heteroatoms.